The van der Waals surface area contributed by atoms with Crippen LogP contribution in [0, 0.1) is 0 Å². The van der Waals surface area contributed by atoms with Gasteiger partial charge in [-0.15, -0.1) is 0 Å². The maximum absolute atomic E-state index is 8.28. The summed E-state index contributed by atoms with van der Waals surface area (Å²) in [6.45, 7) is 0. The first kappa shape index (κ1) is 28.0. The average molecular weight is 282 g/mol. The fourth-order valence-electron chi connectivity index (χ4n) is 0. The van der Waals surface area contributed by atoms with Crippen LogP contribution in [0.5, 0.6) is 0 Å². The molecule has 5 heteroatoms. The van der Waals surface area contributed by atoms with Crippen molar-refractivity contribution in [3.8, 4) is 0 Å². The SMILES string of the molecule is O.O.[KH].[O]=[Os]. The molecule has 0 radical (unpaired) electrons. The molecule has 0 spiro atoms. The molecule has 0 saturated carbocycles. The van der Waals surface area contributed by atoms with Crippen LogP contribution in [-0.4, -0.2) is 62.3 Å². The van der Waals surface area contributed by atoms with Crippen LogP contribution in [0.3, 0.4) is 0 Å². The van der Waals surface area contributed by atoms with E-state index in [0.29, 0.717) is 18.6 Å². The first-order chi connectivity index (χ1) is 1.00. The topological polar surface area (TPSA) is 80.1 Å². The van der Waals surface area contributed by atoms with Gasteiger partial charge in [0.1, 0.15) is 0 Å². The molecule has 0 aromatic heterocycles. The Morgan fingerprint density at radius 1 is 1.00 bits per heavy atom. The van der Waals surface area contributed by atoms with E-state index in [4.69, 9.17) is 3.54 Å². The molecule has 32 valence electrons. The Bertz CT molecular complexity index is 6.85. The third-order valence-corrected chi connectivity index (χ3v) is 0. The predicted molar refractivity (Wildman–Crippen MR) is 15.1 cm³/mol. The summed E-state index contributed by atoms with van der Waals surface area (Å²) in [4.78, 5) is 0. The van der Waals surface area contributed by atoms with E-state index in [1.54, 1.807) is 0 Å². The Balaban J connectivity index is -0.00000000167. The molecule has 5 heavy (non-hydrogen) atoms. The van der Waals surface area contributed by atoms with Crippen molar-refractivity contribution in [2.75, 3.05) is 0 Å². The first-order valence-electron chi connectivity index (χ1n) is 0.144. The molecular weight excluding hydrogens is 277 g/mol. The molecular formula is H5KO3Os. The van der Waals surface area contributed by atoms with Gasteiger partial charge in [0, 0.05) is 0 Å². The van der Waals surface area contributed by atoms with E-state index in [1.165, 1.54) is 0 Å². The van der Waals surface area contributed by atoms with Crippen LogP contribution in [0.1, 0.15) is 0 Å². The van der Waals surface area contributed by atoms with Gasteiger partial charge in [-0.2, -0.15) is 0 Å². The molecule has 0 aliphatic carbocycles. The molecule has 0 aliphatic heterocycles. The van der Waals surface area contributed by atoms with Gasteiger partial charge >= 0.3 is 73.5 Å². The Morgan fingerprint density at radius 3 is 1.00 bits per heavy atom. The second-order valence-electron chi connectivity index (χ2n) is 0. The van der Waals surface area contributed by atoms with E-state index in [9.17, 15) is 0 Å². The summed E-state index contributed by atoms with van der Waals surface area (Å²) in [7, 11) is 0. The van der Waals surface area contributed by atoms with Crippen molar-refractivity contribution < 1.29 is 33.0 Å². The van der Waals surface area contributed by atoms with Crippen molar-refractivity contribution in [2.45, 2.75) is 0 Å². The fraction of sp³-hybridized carbons (Fsp3) is 0. The van der Waals surface area contributed by atoms with Crippen molar-refractivity contribution >= 4 is 51.4 Å². The van der Waals surface area contributed by atoms with Gasteiger partial charge in [0.05, 0.1) is 0 Å². The van der Waals surface area contributed by atoms with E-state index in [-0.39, 0.29) is 62.3 Å². The van der Waals surface area contributed by atoms with E-state index in [0.717, 1.165) is 0 Å². The zero-order chi connectivity index (χ0) is 2.00. The number of hydrogen-bond donors (Lipinski definition) is 0. The molecule has 0 heterocycles. The van der Waals surface area contributed by atoms with E-state index < -0.39 is 0 Å². The van der Waals surface area contributed by atoms with Crippen LogP contribution in [0.2, 0.25) is 0 Å². The maximum atomic E-state index is 8.28. The van der Waals surface area contributed by atoms with Gasteiger partial charge in [0.15, 0.2) is 0 Å². The quantitative estimate of drug-likeness (QED) is 0.455. The molecule has 4 N–H and O–H groups in total. The average Bonchev–Trinajstić information content (AvgIpc) is 1.00. The molecule has 0 rings (SSSR count). The van der Waals surface area contributed by atoms with Gasteiger partial charge in [-0.3, -0.25) is 0 Å². The van der Waals surface area contributed by atoms with E-state index >= 15 is 0 Å². The molecule has 0 aromatic rings. The second-order valence-corrected chi connectivity index (χ2v) is 0. The summed E-state index contributed by atoms with van der Waals surface area (Å²) >= 11 is 0.611. The standard InChI is InChI=1S/K.2H2O.O.Os.H/h;2*1H2;;;. The summed E-state index contributed by atoms with van der Waals surface area (Å²) in [5.74, 6) is 0. The molecule has 0 atom stereocenters. The van der Waals surface area contributed by atoms with Crippen molar-refractivity contribution in [3.63, 3.8) is 0 Å². The van der Waals surface area contributed by atoms with Crippen LogP contribution in [0.15, 0.2) is 0 Å². The van der Waals surface area contributed by atoms with Gasteiger partial charge in [0.2, 0.25) is 0 Å². The summed E-state index contributed by atoms with van der Waals surface area (Å²) in [6.07, 6.45) is 0. The van der Waals surface area contributed by atoms with Gasteiger partial charge in [-0.25, -0.2) is 0 Å². The van der Waals surface area contributed by atoms with E-state index in [1.807, 2.05) is 0 Å². The first-order valence-corrected chi connectivity index (χ1v) is 1.18. The number of hydrogen-bond acceptors (Lipinski definition) is 1. The molecule has 0 bridgehead atoms. The van der Waals surface area contributed by atoms with Crippen molar-refractivity contribution in [1.82, 2.24) is 0 Å². The Labute approximate surface area is 82.7 Å². The molecule has 0 aromatic carbocycles. The van der Waals surface area contributed by atoms with Crippen LogP contribution in [0.4, 0.5) is 0 Å². The summed E-state index contributed by atoms with van der Waals surface area (Å²) in [5, 5.41) is 0. The second kappa shape index (κ2) is 37.6. The Hall–Kier alpha value is 1.99. The summed E-state index contributed by atoms with van der Waals surface area (Å²) in [5.41, 5.74) is 0. The molecule has 3 nitrogen and oxygen atoms in total. The Kier molecular flexibility index (Phi) is 211. The normalized spacial score (nSPS) is 1.00. The van der Waals surface area contributed by atoms with Crippen molar-refractivity contribution in [1.29, 1.82) is 0 Å². The minimum absolute atomic E-state index is 0. The Morgan fingerprint density at radius 2 is 1.00 bits per heavy atom. The van der Waals surface area contributed by atoms with Crippen molar-refractivity contribution in [3.05, 3.63) is 0 Å². The summed E-state index contributed by atoms with van der Waals surface area (Å²) < 4.78 is 8.28. The zero-order valence-electron chi connectivity index (χ0n) is 1.76. The van der Waals surface area contributed by atoms with Gasteiger partial charge in [-0.05, 0) is 0 Å². The van der Waals surface area contributed by atoms with Crippen LogP contribution in [0.25, 0.3) is 0 Å². The van der Waals surface area contributed by atoms with Crippen LogP contribution >= 0.6 is 0 Å². The molecule has 0 unspecified atom stereocenters. The van der Waals surface area contributed by atoms with Crippen LogP contribution in [-0.2, 0) is 22.1 Å². The fourth-order valence-corrected chi connectivity index (χ4v) is 0. The number of rotatable bonds is 0. The predicted octanol–water partition coefficient (Wildman–Crippen LogP) is -2.42. The third kappa shape index (κ3) is 24.1. The monoisotopic (exact) mass is 284 g/mol. The van der Waals surface area contributed by atoms with Gasteiger partial charge in [0.25, 0.3) is 0 Å². The zero-order valence-corrected chi connectivity index (χ0v) is 4.30. The molecule has 0 amide bonds. The molecule has 0 fully saturated rings. The van der Waals surface area contributed by atoms with E-state index in [2.05, 4.69) is 0 Å². The van der Waals surface area contributed by atoms with Crippen LogP contribution < -0.4 is 0 Å². The van der Waals surface area contributed by atoms with Gasteiger partial charge in [-0.1, -0.05) is 0 Å². The molecule has 0 saturated heterocycles. The van der Waals surface area contributed by atoms with Gasteiger partial charge < -0.3 is 11.0 Å². The molecule has 0 aliphatic rings. The van der Waals surface area contributed by atoms with Crippen molar-refractivity contribution in [2.24, 2.45) is 0 Å². The summed E-state index contributed by atoms with van der Waals surface area (Å²) in [6, 6.07) is 0. The minimum atomic E-state index is 0. The third-order valence-electron chi connectivity index (χ3n) is 0.